The number of fused-ring (bicyclic) bond motifs is 5. The zero-order chi connectivity index (χ0) is 17.8. The van der Waals surface area contributed by atoms with Crippen molar-refractivity contribution in [3.8, 4) is 0 Å². The van der Waals surface area contributed by atoms with Gasteiger partial charge in [-0.15, -0.1) is 0 Å². The quantitative estimate of drug-likeness (QED) is 0.613. The normalized spacial score (nSPS) is 50.8. The Morgan fingerprint density at radius 1 is 1.16 bits per heavy atom. The first-order valence-corrected chi connectivity index (χ1v) is 10.3. The van der Waals surface area contributed by atoms with Crippen LogP contribution in [0.3, 0.4) is 0 Å². The number of carbonyl (C=O) groups is 1. The molecule has 0 bridgehead atoms. The molecular formula is C21H32NO3-. The van der Waals surface area contributed by atoms with Crippen LogP contribution in [0.2, 0.25) is 0 Å². The first-order chi connectivity index (χ1) is 11.9. The van der Waals surface area contributed by atoms with Crippen molar-refractivity contribution >= 4 is 11.7 Å². The number of nitrogens with zero attached hydrogens (tertiary/aromatic N) is 1. The van der Waals surface area contributed by atoms with Crippen molar-refractivity contribution < 1.29 is 15.1 Å². The topological polar surface area (TPSA) is 72.7 Å². The predicted octanol–water partition coefficient (Wildman–Crippen LogP) is 3.62. The lowest BCUT2D eigenvalue weighted by Gasteiger charge is -2.60. The summed E-state index contributed by atoms with van der Waals surface area (Å²) in [4.78, 5) is 11.0. The summed E-state index contributed by atoms with van der Waals surface area (Å²) in [5.74, 6) is 2.34. The molecule has 0 radical (unpaired) electrons. The number of carboxylic acids is 1. The molecule has 4 saturated carbocycles. The Morgan fingerprint density at radius 2 is 1.96 bits per heavy atom. The maximum atomic E-state index is 11.0. The highest BCUT2D eigenvalue weighted by Gasteiger charge is 2.59. The van der Waals surface area contributed by atoms with Gasteiger partial charge in [-0.1, -0.05) is 19.0 Å². The Morgan fingerprint density at radius 3 is 2.68 bits per heavy atom. The van der Waals surface area contributed by atoms with Gasteiger partial charge < -0.3 is 15.1 Å². The number of oxime groups is 1. The summed E-state index contributed by atoms with van der Waals surface area (Å²) < 4.78 is 0. The first kappa shape index (κ1) is 17.4. The minimum Gasteiger partial charge on any atom is -0.550 e. The molecule has 0 saturated heterocycles. The van der Waals surface area contributed by atoms with Crippen LogP contribution in [0.5, 0.6) is 0 Å². The number of hydrogen-bond acceptors (Lipinski definition) is 4. The van der Waals surface area contributed by atoms with Crippen LogP contribution in [0.15, 0.2) is 5.16 Å². The summed E-state index contributed by atoms with van der Waals surface area (Å²) in [6.07, 6.45) is 10.6. The van der Waals surface area contributed by atoms with Gasteiger partial charge in [0, 0.05) is 11.4 Å². The number of carboxylic acid groups (broad SMARTS) is 1. The third-order valence-corrected chi connectivity index (χ3v) is 9.09. The maximum Gasteiger partial charge on any atom is 0.0632 e. The zero-order valence-electron chi connectivity index (χ0n) is 15.7. The zero-order valence-corrected chi connectivity index (χ0v) is 15.7. The van der Waals surface area contributed by atoms with Gasteiger partial charge in [-0.3, -0.25) is 0 Å². The van der Waals surface area contributed by atoms with Gasteiger partial charge in [0.1, 0.15) is 0 Å². The SMILES string of the molecule is C[C@]12CC[C@@H](CC(=O)[O-])C[C@H]1CC[C@@H]1[C@@H]2CC[C@]2(C)/C(=N\O)CC[C@@H]12. The van der Waals surface area contributed by atoms with E-state index in [1.165, 1.54) is 32.1 Å². The molecule has 140 valence electrons. The van der Waals surface area contributed by atoms with Gasteiger partial charge in [-0.05, 0) is 99.2 Å². The second kappa shape index (κ2) is 5.99. The second-order valence-corrected chi connectivity index (χ2v) is 9.91. The molecule has 0 heterocycles. The molecule has 1 N–H and O–H groups in total. The smallest absolute Gasteiger partial charge is 0.0632 e. The van der Waals surface area contributed by atoms with E-state index in [0.29, 0.717) is 23.2 Å². The van der Waals surface area contributed by atoms with Gasteiger partial charge in [0.15, 0.2) is 0 Å². The summed E-state index contributed by atoms with van der Waals surface area (Å²) in [6.45, 7) is 4.84. The fourth-order valence-corrected chi connectivity index (χ4v) is 7.72. The van der Waals surface area contributed by atoms with Gasteiger partial charge in [0.25, 0.3) is 0 Å². The molecule has 4 fully saturated rings. The number of rotatable bonds is 2. The Balaban J connectivity index is 1.55. The molecular weight excluding hydrogens is 314 g/mol. The third kappa shape index (κ3) is 2.54. The fourth-order valence-electron chi connectivity index (χ4n) is 7.72. The van der Waals surface area contributed by atoms with E-state index in [4.69, 9.17) is 0 Å². The first-order valence-electron chi connectivity index (χ1n) is 10.3. The van der Waals surface area contributed by atoms with E-state index in [9.17, 15) is 15.1 Å². The minimum absolute atomic E-state index is 0.116. The number of carbonyl (C=O) groups excluding carboxylic acids is 1. The van der Waals surface area contributed by atoms with E-state index < -0.39 is 5.97 Å². The van der Waals surface area contributed by atoms with Crippen LogP contribution < -0.4 is 5.11 Å². The standard InChI is InChI=1S/C21H33NO3/c1-20-9-7-13(12-19(23)24)11-14(20)3-4-15-16-5-6-18(22-25)21(16,2)10-8-17(15)20/h13-17,25H,3-12H2,1-2H3,(H,23,24)/p-1/b22-18-/t13-,14-,15+,16+,17+,20+,21+/m1/s1. The molecule has 4 nitrogen and oxygen atoms in total. The van der Waals surface area contributed by atoms with Crippen LogP contribution in [-0.4, -0.2) is 16.9 Å². The summed E-state index contributed by atoms with van der Waals surface area (Å²) in [6, 6.07) is 0. The highest BCUT2D eigenvalue weighted by atomic mass is 16.4. The molecule has 4 aliphatic carbocycles. The van der Waals surface area contributed by atoms with Gasteiger partial charge in [0.2, 0.25) is 0 Å². The lowest BCUT2D eigenvalue weighted by molar-refractivity contribution is -0.307. The van der Waals surface area contributed by atoms with E-state index in [-0.39, 0.29) is 11.8 Å². The van der Waals surface area contributed by atoms with E-state index >= 15 is 0 Å². The monoisotopic (exact) mass is 346 g/mol. The van der Waals surface area contributed by atoms with Crippen LogP contribution in [0.1, 0.15) is 78.1 Å². The maximum absolute atomic E-state index is 11.0. The molecule has 25 heavy (non-hydrogen) atoms. The molecule has 0 aromatic rings. The Hall–Kier alpha value is -1.06. The average molecular weight is 346 g/mol. The average Bonchev–Trinajstić information content (AvgIpc) is 2.91. The largest absolute Gasteiger partial charge is 0.550 e. The van der Waals surface area contributed by atoms with Crippen molar-refractivity contribution in [1.29, 1.82) is 0 Å². The summed E-state index contributed by atoms with van der Waals surface area (Å²) >= 11 is 0. The minimum atomic E-state index is -0.877. The van der Waals surface area contributed by atoms with Crippen molar-refractivity contribution in [2.45, 2.75) is 78.1 Å². The molecule has 4 aliphatic rings. The molecule has 0 aliphatic heterocycles. The van der Waals surface area contributed by atoms with Crippen molar-refractivity contribution in [2.75, 3.05) is 0 Å². The highest BCUT2D eigenvalue weighted by Crippen LogP contribution is 2.66. The molecule has 0 unspecified atom stereocenters. The lowest BCUT2D eigenvalue weighted by Crippen LogP contribution is -2.53. The van der Waals surface area contributed by atoms with Gasteiger partial charge in [-0.25, -0.2) is 0 Å². The molecule has 4 rings (SSSR count). The van der Waals surface area contributed by atoms with E-state index in [1.54, 1.807) is 0 Å². The van der Waals surface area contributed by atoms with Gasteiger partial charge in [-0.2, -0.15) is 0 Å². The van der Waals surface area contributed by atoms with Gasteiger partial charge >= 0.3 is 0 Å². The Bertz CT molecular complexity index is 588. The molecule has 0 aromatic heterocycles. The number of hydrogen-bond donors (Lipinski definition) is 1. The van der Waals surface area contributed by atoms with Crippen LogP contribution in [0, 0.1) is 40.4 Å². The molecule has 0 spiro atoms. The van der Waals surface area contributed by atoms with Crippen LogP contribution in [0.25, 0.3) is 0 Å². The third-order valence-electron chi connectivity index (χ3n) is 9.09. The lowest BCUT2D eigenvalue weighted by atomic mass is 9.44. The highest BCUT2D eigenvalue weighted by molar-refractivity contribution is 5.91. The molecule has 4 heteroatoms. The molecule has 0 aromatic carbocycles. The summed E-state index contributed by atoms with van der Waals surface area (Å²) in [5.41, 5.74) is 1.54. The van der Waals surface area contributed by atoms with Crippen molar-refractivity contribution in [1.82, 2.24) is 0 Å². The van der Waals surface area contributed by atoms with Gasteiger partial charge in [0.05, 0.1) is 5.71 Å². The number of aliphatic carboxylic acids is 1. The molecule has 0 amide bonds. The summed E-state index contributed by atoms with van der Waals surface area (Å²) in [7, 11) is 0. The van der Waals surface area contributed by atoms with Crippen molar-refractivity contribution in [3.05, 3.63) is 0 Å². The van der Waals surface area contributed by atoms with E-state index in [0.717, 1.165) is 43.2 Å². The van der Waals surface area contributed by atoms with Crippen molar-refractivity contribution in [3.63, 3.8) is 0 Å². The molecule has 7 atom stereocenters. The van der Waals surface area contributed by atoms with Crippen LogP contribution in [0.4, 0.5) is 0 Å². The summed E-state index contributed by atoms with van der Waals surface area (Å²) in [5, 5.41) is 24.1. The Kier molecular flexibility index (Phi) is 4.16. The van der Waals surface area contributed by atoms with E-state index in [2.05, 4.69) is 19.0 Å². The Labute approximate surface area is 151 Å². The van der Waals surface area contributed by atoms with Crippen LogP contribution >= 0.6 is 0 Å². The second-order valence-electron chi connectivity index (χ2n) is 9.91. The van der Waals surface area contributed by atoms with Crippen LogP contribution in [-0.2, 0) is 4.79 Å². The predicted molar refractivity (Wildman–Crippen MR) is 94.1 cm³/mol. The van der Waals surface area contributed by atoms with E-state index in [1.807, 2.05) is 0 Å². The fraction of sp³-hybridized carbons (Fsp3) is 0.905. The van der Waals surface area contributed by atoms with Crippen molar-refractivity contribution in [2.24, 2.45) is 45.6 Å².